The summed E-state index contributed by atoms with van der Waals surface area (Å²) in [5.74, 6) is -11.9. The fourth-order valence-electron chi connectivity index (χ4n) is 12.2. The molecule has 10 rings (SSSR count). The topological polar surface area (TPSA) is 488 Å². The number of esters is 3. The molecule has 9 aromatic heterocycles. The molecular formula is C91H121Cl3F7N19O16S6. The van der Waals surface area contributed by atoms with Crippen LogP contribution in [-0.2, 0) is 72.9 Å². The van der Waals surface area contributed by atoms with Crippen molar-refractivity contribution in [2.75, 3.05) is 78.4 Å². The highest BCUT2D eigenvalue weighted by Gasteiger charge is 2.39. The summed E-state index contributed by atoms with van der Waals surface area (Å²) in [6.07, 6.45) is 9.34. The first-order valence-electron chi connectivity index (χ1n) is 43.5. The van der Waals surface area contributed by atoms with E-state index in [9.17, 15) is 79.2 Å². The molecule has 7 N–H and O–H groups in total. The van der Waals surface area contributed by atoms with Crippen molar-refractivity contribution in [3.05, 3.63) is 154 Å². The molecule has 0 fully saturated rings. The number of aromatic nitrogens is 14. The van der Waals surface area contributed by atoms with Gasteiger partial charge in [-0.25, -0.2) is 113 Å². The van der Waals surface area contributed by atoms with E-state index in [1.165, 1.54) is 42.4 Å². The molecule has 782 valence electrons. The number of carbonyl (C=O) groups is 4. The summed E-state index contributed by atoms with van der Waals surface area (Å²) in [5.41, 5.74) is -2.86. The number of sulfone groups is 3. The molecule has 0 saturated heterocycles. The van der Waals surface area contributed by atoms with Crippen molar-refractivity contribution in [1.29, 1.82) is 0 Å². The van der Waals surface area contributed by atoms with Gasteiger partial charge in [-0.1, -0.05) is 122 Å². The van der Waals surface area contributed by atoms with Gasteiger partial charge in [0.05, 0.1) is 71.3 Å². The molecule has 0 amide bonds. The monoisotopic (exact) mass is 2170 g/mol. The van der Waals surface area contributed by atoms with Crippen LogP contribution in [0.5, 0.6) is 0 Å². The maximum atomic E-state index is 15.1. The number of hydrogen-bond acceptors (Lipinski definition) is 34. The fraction of sp³-hybridized carbons (Fsp3) is 0.516. The number of carboxylic acid groups (broad SMARTS) is 1. The molecule has 0 spiro atoms. The molecule has 142 heavy (non-hydrogen) atoms. The zero-order valence-corrected chi connectivity index (χ0v) is 90.3. The second-order valence-electron chi connectivity index (χ2n) is 41.0. The van der Waals surface area contributed by atoms with Crippen molar-refractivity contribution < 1.29 is 103 Å². The van der Waals surface area contributed by atoms with Gasteiger partial charge >= 0.3 is 23.9 Å². The third-order valence-electron chi connectivity index (χ3n) is 19.8. The second-order valence-corrected chi connectivity index (χ2v) is 51.6. The largest absolute Gasteiger partial charge is 0.480 e. The number of aliphatic carboxylic acids is 1. The van der Waals surface area contributed by atoms with Gasteiger partial charge in [-0.15, -0.1) is 11.8 Å². The maximum Gasteiger partial charge on any atom is 0.321 e. The molecule has 0 aliphatic rings. The number of fused-ring (bicyclic) bond motifs is 2. The fourth-order valence-corrected chi connectivity index (χ4v) is 20.6. The van der Waals surface area contributed by atoms with Crippen LogP contribution in [0.3, 0.4) is 0 Å². The number of ether oxygens (including phenoxy) is 3. The zero-order valence-electron chi connectivity index (χ0n) is 83.1. The van der Waals surface area contributed by atoms with Gasteiger partial charge in [-0.05, 0) is 155 Å². The number of H-pyrrole nitrogens is 1. The van der Waals surface area contributed by atoms with Crippen LogP contribution >= 0.6 is 59.2 Å². The third kappa shape index (κ3) is 39.0. The SMILES string of the molecule is CC(C)(C)OC(=O)CS(=O)(=O)C[C@@H](Nc1nc(Cl)ncc1F)C(C)(C)C.CC(C)(C)OC(=O)CSC[C@@H](Nc1nc(Cl)ncc1F)C(C)(C)C.CC(C)(C)[C@@H](CS(=O)(=O)CC(=O)O)Nc1nc(-c2c[nH]c3ncc(F)cc23)ncc1F.CC(C)(C)[C@@H](CS)Nc1nc(Cl)ncc1F.Cc1ccc(S(=O)(=O)n2cc(-c3ncc(F)c(N[C@H](CS(=O)(=O)CC(=O)OC(C)(C)C)C(C)(C)C)n3)c3cc(F)cnc32)cc1. The van der Waals surface area contributed by atoms with Crippen LogP contribution in [0.15, 0.2) is 97.1 Å². The van der Waals surface area contributed by atoms with E-state index in [4.69, 9.17) is 54.1 Å². The Morgan fingerprint density at radius 1 is 0.437 bits per heavy atom. The molecule has 10 aromatic rings. The minimum Gasteiger partial charge on any atom is -0.480 e. The van der Waals surface area contributed by atoms with E-state index in [2.05, 4.69) is 104 Å². The average Bonchev–Trinajstić information content (AvgIpc) is 1.59. The first-order chi connectivity index (χ1) is 64.8. The van der Waals surface area contributed by atoms with E-state index in [1.807, 2.05) is 69.2 Å². The summed E-state index contributed by atoms with van der Waals surface area (Å²) in [7, 11) is -16.0. The van der Waals surface area contributed by atoms with Crippen LogP contribution in [0.25, 0.3) is 44.8 Å². The van der Waals surface area contributed by atoms with Gasteiger partial charge in [0.15, 0.2) is 105 Å². The lowest BCUT2D eigenvalue weighted by Gasteiger charge is -2.32. The van der Waals surface area contributed by atoms with Crippen LogP contribution in [0.1, 0.15) is 172 Å². The molecule has 0 unspecified atom stereocenters. The first kappa shape index (κ1) is 120. The molecule has 35 nitrogen and oxygen atoms in total. The molecule has 9 heterocycles. The molecule has 0 bridgehead atoms. The standard InChI is InChI=1S/C30H35F2N5O6S2.C19H21F2N5O4S.C16H25ClFN3O4S.C16H25ClFN3O2S.C10H15ClFN3S/c1-18-8-10-20(11-9-18)45(41,42)37-15-22(21-12-19(31)13-34-28(21)37)26-33-14-23(32)27(36-26)35-24(29(2,3)4)16-44(39,40)17-25(38)43-30(5,6)7;1-19(2,3)14(8-31(29,30)9-15(27)28)25-18-13(21)7-24-17(26-18)12-6-23-16-11(12)4-10(20)5-22-16;1-15(2,3)11(20-13-10(18)7-19-14(17)21-13)8-26(23,24)9-12(22)25-16(4,5)6;1-15(2,3)11(8-24-9-12(22)23-16(4,5)6)20-13-10(18)7-19-14(17)21-13;1-10(2,3)7(5-16)14-8-6(12)4-13-9(11)15-8/h8-15,24H,16-17H2,1-7H3,(H,33,35,36);4-7,14H,8-9H2,1-3H3,(H,22,23)(H,27,28)(H,24,25,26);7,11H,8-9H2,1-6H3,(H,19,20,21);7,11H,8-9H2,1-6H3,(H,19,20,21);4,7,16H,5H2,1-3H3,(H,13,14,15)/t24-;14-;2*11-;7-/m11111/s1. The highest BCUT2D eigenvalue weighted by molar-refractivity contribution is 8.00. The Bertz CT molecular complexity index is 6600. The van der Waals surface area contributed by atoms with Crippen LogP contribution in [0.2, 0.25) is 15.9 Å². The van der Waals surface area contributed by atoms with Crippen LogP contribution < -0.4 is 26.6 Å². The van der Waals surface area contributed by atoms with Gasteiger partial charge in [0.1, 0.15) is 51.3 Å². The molecule has 0 aliphatic carbocycles. The number of thiol groups is 1. The van der Waals surface area contributed by atoms with Gasteiger partial charge in [-0.2, -0.15) is 27.6 Å². The third-order valence-corrected chi connectivity index (χ3v) is 27.9. The van der Waals surface area contributed by atoms with Gasteiger partial charge in [0.2, 0.25) is 15.9 Å². The molecule has 51 heteroatoms. The summed E-state index contributed by atoms with van der Waals surface area (Å²) >= 11 is 22.7. The number of carboxylic acids is 1. The number of nitrogens with zero attached hydrogens (tertiary/aromatic N) is 13. The number of anilines is 5. The number of rotatable bonds is 31. The summed E-state index contributed by atoms with van der Waals surface area (Å²) in [6, 6.07) is 5.79. The van der Waals surface area contributed by atoms with E-state index in [-0.39, 0.29) is 113 Å². The smallest absolute Gasteiger partial charge is 0.321 e. The van der Waals surface area contributed by atoms with E-state index in [0.717, 1.165) is 59.0 Å². The highest BCUT2D eigenvalue weighted by Crippen LogP contribution is 2.37. The summed E-state index contributed by atoms with van der Waals surface area (Å²) in [6.45, 7) is 45.1. The van der Waals surface area contributed by atoms with Gasteiger partial charge < -0.3 is 50.9 Å². The van der Waals surface area contributed by atoms with Crippen LogP contribution in [-0.4, -0.2) is 230 Å². The van der Waals surface area contributed by atoms with Crippen molar-refractivity contribution in [2.45, 2.75) is 225 Å². The van der Waals surface area contributed by atoms with Crippen molar-refractivity contribution in [3.63, 3.8) is 0 Å². The number of hydrogen-bond donors (Lipinski definition) is 8. The van der Waals surface area contributed by atoms with Gasteiger partial charge in [0.25, 0.3) is 10.0 Å². The normalized spacial score (nSPS) is 13.6. The lowest BCUT2D eigenvalue weighted by Crippen LogP contribution is -2.42. The molecule has 0 radical (unpaired) electrons. The highest BCUT2D eigenvalue weighted by atomic mass is 35.5. The number of aryl methyl sites for hydroxylation is 1. The van der Waals surface area contributed by atoms with Crippen molar-refractivity contribution in [1.82, 2.24) is 68.8 Å². The minimum atomic E-state index is -4.20. The number of thioether (sulfide) groups is 1. The zero-order chi connectivity index (χ0) is 108. The molecular weight excluding hydrogens is 2050 g/mol. The Morgan fingerprint density at radius 2 is 0.768 bits per heavy atom. The second kappa shape index (κ2) is 48.6. The quantitative estimate of drug-likeness (QED) is 0.00657. The molecule has 1 aromatic carbocycles. The van der Waals surface area contributed by atoms with Gasteiger partial charge in [-0.3, -0.25) is 19.2 Å². The van der Waals surface area contributed by atoms with E-state index < -0.39 is 184 Å². The Labute approximate surface area is 847 Å². The Balaban J connectivity index is 0.000000283. The number of carbonyl (C=O) groups excluding carboxylic acids is 3. The van der Waals surface area contributed by atoms with Crippen molar-refractivity contribution in [3.8, 4) is 22.8 Å². The van der Waals surface area contributed by atoms with Crippen molar-refractivity contribution in [2.24, 2.45) is 27.1 Å². The molecule has 0 aliphatic heterocycles. The first-order valence-corrected chi connectivity index (χ1v) is 53.4. The predicted octanol–water partition coefficient (Wildman–Crippen LogP) is 17.6. The lowest BCUT2D eigenvalue weighted by molar-refractivity contribution is -0.152. The predicted molar refractivity (Wildman–Crippen MR) is 539 cm³/mol. The Kier molecular flexibility index (Phi) is 41.3. The van der Waals surface area contributed by atoms with E-state index in [0.29, 0.717) is 28.1 Å². The minimum absolute atomic E-state index is 0.00343. The van der Waals surface area contributed by atoms with E-state index >= 15 is 4.39 Å². The average molecular weight is 2170 g/mol. The number of nitrogens with one attached hydrogen (secondary N) is 6. The number of pyridine rings is 2. The summed E-state index contributed by atoms with van der Waals surface area (Å²) < 4.78 is 217. The number of halogens is 10. The van der Waals surface area contributed by atoms with Crippen LogP contribution in [0.4, 0.5) is 59.8 Å². The van der Waals surface area contributed by atoms with Crippen LogP contribution in [0, 0.1) is 74.7 Å². The summed E-state index contributed by atoms with van der Waals surface area (Å²) in [4.78, 5) is 96.0. The lowest BCUT2D eigenvalue weighted by atomic mass is 9.88. The Hall–Kier alpha value is -10.2. The Morgan fingerprint density at radius 3 is 1.13 bits per heavy atom. The number of aromatic amines is 1. The molecule has 5 atom stereocenters. The van der Waals surface area contributed by atoms with Gasteiger partial charge in [0, 0.05) is 76.0 Å². The summed E-state index contributed by atoms with van der Waals surface area (Å²) in [5, 5.41) is 23.5. The van der Waals surface area contributed by atoms with Crippen molar-refractivity contribution >= 4 is 174 Å². The maximum absolute atomic E-state index is 15.1. The number of benzene rings is 1. The molecule has 0 saturated carbocycles. The van der Waals surface area contributed by atoms with E-state index in [1.54, 1.807) is 116 Å².